The van der Waals surface area contributed by atoms with E-state index in [4.69, 9.17) is 28.8 Å². The molecule has 66 valence electrons. The number of hydrogen-bond donors (Lipinski definition) is 3. The normalized spacial score (nSPS) is 29.2. The number of hydrogen-bond acceptors (Lipinski definition) is 5. The fraction of sp³-hybridized carbons (Fsp3) is 0.400. The van der Waals surface area contributed by atoms with Crippen molar-refractivity contribution in [3.8, 4) is 0 Å². The number of amides is 1. The van der Waals surface area contributed by atoms with Crippen LogP contribution >= 0.6 is 11.6 Å². The third kappa shape index (κ3) is 1.54. The molecule has 6 nitrogen and oxygen atoms in total. The highest BCUT2D eigenvalue weighted by atomic mass is 35.5. The highest BCUT2D eigenvalue weighted by Gasteiger charge is 2.24. The van der Waals surface area contributed by atoms with Gasteiger partial charge in [0.15, 0.2) is 17.0 Å². The molecule has 0 saturated heterocycles. The van der Waals surface area contributed by atoms with Gasteiger partial charge in [-0.2, -0.15) is 0 Å². The summed E-state index contributed by atoms with van der Waals surface area (Å²) >= 11 is 5.59. The van der Waals surface area contributed by atoms with Gasteiger partial charge < -0.3 is 17.2 Å². The van der Waals surface area contributed by atoms with E-state index in [1.165, 1.54) is 0 Å². The lowest BCUT2D eigenvalue weighted by atomic mass is 10.3. The van der Waals surface area contributed by atoms with E-state index in [2.05, 4.69) is 9.98 Å². The highest BCUT2D eigenvalue weighted by Crippen LogP contribution is 2.08. The highest BCUT2D eigenvalue weighted by molar-refractivity contribution is 6.66. The maximum Gasteiger partial charge on any atom is 0.270 e. The number of rotatable bonds is 1. The van der Waals surface area contributed by atoms with Gasteiger partial charge in [0, 0.05) is 0 Å². The van der Waals surface area contributed by atoms with Gasteiger partial charge in [-0.25, -0.2) is 4.99 Å². The molecule has 0 fully saturated rings. The van der Waals surface area contributed by atoms with Crippen molar-refractivity contribution in [2.45, 2.75) is 11.7 Å². The van der Waals surface area contributed by atoms with Crippen LogP contribution in [0.4, 0.5) is 0 Å². The fourth-order valence-corrected chi connectivity index (χ4v) is 0.893. The standard InChI is InChI=1S/C5H8ClN5O/c6-2-4(8)11-3(7)1(10-2)5(9)12/h2,4H,8H2,(H2,7,11)(H2,9,12). The second-order valence-corrected chi connectivity index (χ2v) is 2.67. The molecule has 0 aromatic carbocycles. The number of nitrogens with two attached hydrogens (primary N) is 3. The number of primary amides is 1. The summed E-state index contributed by atoms with van der Waals surface area (Å²) in [6, 6.07) is 0. The van der Waals surface area contributed by atoms with E-state index < -0.39 is 17.6 Å². The van der Waals surface area contributed by atoms with Crippen LogP contribution in [0.2, 0.25) is 0 Å². The molecule has 12 heavy (non-hydrogen) atoms. The average molecular weight is 190 g/mol. The Balaban J connectivity index is 2.96. The van der Waals surface area contributed by atoms with Crippen LogP contribution in [0.25, 0.3) is 0 Å². The monoisotopic (exact) mass is 189 g/mol. The van der Waals surface area contributed by atoms with Crippen molar-refractivity contribution in [3.63, 3.8) is 0 Å². The molecule has 2 atom stereocenters. The Labute approximate surface area is 73.5 Å². The first-order valence-electron chi connectivity index (χ1n) is 3.13. The summed E-state index contributed by atoms with van der Waals surface area (Å²) in [5.74, 6) is -0.819. The first kappa shape index (κ1) is 8.95. The van der Waals surface area contributed by atoms with Gasteiger partial charge in [0.1, 0.15) is 6.17 Å². The molecule has 0 saturated carbocycles. The van der Waals surface area contributed by atoms with E-state index in [9.17, 15) is 4.79 Å². The van der Waals surface area contributed by atoms with E-state index in [1.807, 2.05) is 0 Å². The molecule has 2 unspecified atom stereocenters. The molecule has 1 amide bonds. The van der Waals surface area contributed by atoms with E-state index in [0.717, 1.165) is 0 Å². The molecule has 1 rings (SSSR count). The largest absolute Gasteiger partial charge is 0.382 e. The molecule has 0 bridgehead atoms. The van der Waals surface area contributed by atoms with E-state index in [1.54, 1.807) is 0 Å². The molecule has 1 heterocycles. The summed E-state index contributed by atoms with van der Waals surface area (Å²) < 4.78 is 0. The van der Waals surface area contributed by atoms with Crippen molar-refractivity contribution in [3.05, 3.63) is 0 Å². The Morgan fingerprint density at radius 3 is 2.58 bits per heavy atom. The molecular weight excluding hydrogens is 182 g/mol. The lowest BCUT2D eigenvalue weighted by Gasteiger charge is -2.17. The third-order valence-electron chi connectivity index (χ3n) is 1.30. The zero-order valence-electron chi connectivity index (χ0n) is 6.07. The molecule has 7 heteroatoms. The van der Waals surface area contributed by atoms with Crippen molar-refractivity contribution in [2.24, 2.45) is 27.2 Å². The van der Waals surface area contributed by atoms with Crippen molar-refractivity contribution < 1.29 is 4.79 Å². The molecule has 6 N–H and O–H groups in total. The number of aliphatic imine (C=N–C) groups is 2. The second kappa shape index (κ2) is 3.08. The Morgan fingerprint density at radius 2 is 2.08 bits per heavy atom. The number of alkyl halides is 1. The van der Waals surface area contributed by atoms with E-state index in [0.29, 0.717) is 0 Å². The lowest BCUT2D eigenvalue weighted by molar-refractivity contribution is -0.111. The van der Waals surface area contributed by atoms with E-state index in [-0.39, 0.29) is 11.5 Å². The molecule has 1 aliphatic heterocycles. The lowest BCUT2D eigenvalue weighted by Crippen LogP contribution is -2.44. The summed E-state index contributed by atoms with van der Waals surface area (Å²) in [6.45, 7) is 0. The van der Waals surface area contributed by atoms with Gasteiger partial charge in [-0.15, -0.1) is 0 Å². The number of carbonyl (C=O) groups is 1. The first-order valence-corrected chi connectivity index (χ1v) is 3.57. The van der Waals surface area contributed by atoms with Crippen LogP contribution in [0.3, 0.4) is 0 Å². The van der Waals surface area contributed by atoms with Crippen molar-refractivity contribution in [1.29, 1.82) is 0 Å². The minimum Gasteiger partial charge on any atom is -0.382 e. The Morgan fingerprint density at radius 1 is 1.50 bits per heavy atom. The number of nitrogens with zero attached hydrogens (tertiary/aromatic N) is 2. The van der Waals surface area contributed by atoms with Crippen LogP contribution in [0, 0.1) is 0 Å². The summed E-state index contributed by atoms with van der Waals surface area (Å²) in [4.78, 5) is 18.0. The molecular formula is C5H8ClN5O. The zero-order valence-corrected chi connectivity index (χ0v) is 6.82. The quantitative estimate of drug-likeness (QED) is 0.331. The summed E-state index contributed by atoms with van der Waals surface area (Å²) in [6.07, 6.45) is -0.713. The van der Waals surface area contributed by atoms with Gasteiger partial charge in [-0.05, 0) is 0 Å². The van der Waals surface area contributed by atoms with Crippen LogP contribution in [0.1, 0.15) is 0 Å². The minimum absolute atomic E-state index is 0.0631. The van der Waals surface area contributed by atoms with Crippen molar-refractivity contribution >= 4 is 29.1 Å². The molecule has 0 radical (unpaired) electrons. The Bertz CT molecular complexity index is 273. The Hall–Kier alpha value is -1.14. The van der Waals surface area contributed by atoms with Crippen molar-refractivity contribution in [2.75, 3.05) is 0 Å². The maximum absolute atomic E-state index is 10.6. The topological polar surface area (TPSA) is 120 Å². The Kier molecular flexibility index (Phi) is 2.30. The predicted octanol–water partition coefficient (Wildman–Crippen LogP) is -1.87. The second-order valence-electron chi connectivity index (χ2n) is 2.22. The summed E-state index contributed by atoms with van der Waals surface area (Å²) in [5.41, 5.74) is 14.7. The van der Waals surface area contributed by atoms with Gasteiger partial charge in [0.05, 0.1) is 0 Å². The summed E-state index contributed by atoms with van der Waals surface area (Å²) in [7, 11) is 0. The van der Waals surface area contributed by atoms with Gasteiger partial charge in [0.25, 0.3) is 5.91 Å². The molecule has 0 aliphatic carbocycles. The molecule has 1 aliphatic rings. The van der Waals surface area contributed by atoms with Crippen LogP contribution in [-0.2, 0) is 4.79 Å². The van der Waals surface area contributed by atoms with Gasteiger partial charge in [-0.3, -0.25) is 9.79 Å². The summed E-state index contributed by atoms with van der Waals surface area (Å²) in [5, 5.41) is 0. The number of halogens is 1. The van der Waals surface area contributed by atoms with E-state index >= 15 is 0 Å². The SMILES string of the molecule is NC(=O)C1=NC(Cl)C(N)N=C1N. The van der Waals surface area contributed by atoms with Crippen LogP contribution in [0.15, 0.2) is 9.98 Å². The van der Waals surface area contributed by atoms with Crippen LogP contribution in [-0.4, -0.2) is 29.1 Å². The fourth-order valence-electron chi connectivity index (χ4n) is 0.739. The van der Waals surface area contributed by atoms with Gasteiger partial charge in [0.2, 0.25) is 0 Å². The van der Waals surface area contributed by atoms with Crippen LogP contribution in [0.5, 0.6) is 0 Å². The van der Waals surface area contributed by atoms with Crippen molar-refractivity contribution in [1.82, 2.24) is 0 Å². The number of amidine groups is 1. The van der Waals surface area contributed by atoms with Crippen LogP contribution < -0.4 is 17.2 Å². The first-order chi connectivity index (χ1) is 5.52. The third-order valence-corrected chi connectivity index (χ3v) is 1.65. The minimum atomic E-state index is -0.778. The molecule has 0 aromatic rings. The smallest absolute Gasteiger partial charge is 0.270 e. The average Bonchev–Trinajstić information content (AvgIpc) is 1.96. The van der Waals surface area contributed by atoms with Gasteiger partial charge in [-0.1, -0.05) is 11.6 Å². The molecule has 0 aromatic heterocycles. The zero-order chi connectivity index (χ0) is 9.30. The van der Waals surface area contributed by atoms with Gasteiger partial charge >= 0.3 is 0 Å². The maximum atomic E-state index is 10.6. The number of carbonyl (C=O) groups excluding carboxylic acids is 1. The molecule has 0 spiro atoms. The predicted molar refractivity (Wildman–Crippen MR) is 45.9 cm³/mol.